The molecule has 2 nitrogen and oxygen atoms in total. The maximum atomic E-state index is 5.07. The van der Waals surface area contributed by atoms with Crippen LogP contribution in [-0.4, -0.2) is 9.97 Å². The van der Waals surface area contributed by atoms with Gasteiger partial charge in [0.2, 0.25) is 0 Å². The Morgan fingerprint density at radius 3 is 2.00 bits per heavy atom. The van der Waals surface area contributed by atoms with Crippen LogP contribution < -0.4 is 0 Å². The van der Waals surface area contributed by atoms with Gasteiger partial charge in [0.25, 0.3) is 0 Å². The van der Waals surface area contributed by atoms with Gasteiger partial charge in [-0.05, 0) is 31.1 Å². The average Bonchev–Trinajstić information content (AvgIpc) is 3.08. The van der Waals surface area contributed by atoms with Crippen LogP contribution in [0.2, 0.25) is 0 Å². The Bertz CT molecular complexity index is 764. The van der Waals surface area contributed by atoms with Crippen LogP contribution in [0.15, 0.2) is 60.7 Å². The van der Waals surface area contributed by atoms with Gasteiger partial charge in [-0.2, -0.15) is 0 Å². The molecule has 1 aromatic heterocycles. The first-order chi connectivity index (χ1) is 12.1. The quantitative estimate of drug-likeness (QED) is 0.589. The molecular formula is C23H26N2. The molecule has 25 heavy (non-hydrogen) atoms. The van der Waals surface area contributed by atoms with Gasteiger partial charge in [-0.1, -0.05) is 74.5 Å². The van der Waals surface area contributed by atoms with Crippen LogP contribution in [0, 0.1) is 5.41 Å². The van der Waals surface area contributed by atoms with E-state index in [4.69, 9.17) is 4.98 Å². The molecule has 4 rings (SSSR count). The summed E-state index contributed by atoms with van der Waals surface area (Å²) in [6.07, 6.45) is 5.01. The van der Waals surface area contributed by atoms with E-state index in [1.165, 1.54) is 36.8 Å². The Kier molecular flexibility index (Phi) is 4.20. The van der Waals surface area contributed by atoms with Crippen molar-refractivity contribution >= 4 is 0 Å². The molecular weight excluding hydrogens is 304 g/mol. The average molecular weight is 330 g/mol. The molecule has 128 valence electrons. The summed E-state index contributed by atoms with van der Waals surface area (Å²) in [6.45, 7) is 4.77. The predicted octanol–water partition coefficient (Wildman–Crippen LogP) is 6.43. The number of imidazole rings is 1. The second-order valence-corrected chi connectivity index (χ2v) is 8.02. The molecule has 2 heteroatoms. The lowest BCUT2D eigenvalue weighted by molar-refractivity contribution is 0.221. The van der Waals surface area contributed by atoms with Gasteiger partial charge in [0.1, 0.15) is 5.82 Å². The van der Waals surface area contributed by atoms with Crippen molar-refractivity contribution in [2.24, 2.45) is 5.41 Å². The number of nitrogens with zero attached hydrogens (tertiary/aromatic N) is 1. The molecule has 0 aliphatic heterocycles. The van der Waals surface area contributed by atoms with Gasteiger partial charge in [-0.25, -0.2) is 4.98 Å². The zero-order valence-corrected chi connectivity index (χ0v) is 15.1. The number of nitrogens with one attached hydrogen (secondary N) is 1. The van der Waals surface area contributed by atoms with Crippen LogP contribution in [0.3, 0.4) is 0 Å². The van der Waals surface area contributed by atoms with Gasteiger partial charge >= 0.3 is 0 Å². The molecule has 1 N–H and O–H groups in total. The molecule has 1 fully saturated rings. The minimum atomic E-state index is 0.480. The van der Waals surface area contributed by atoms with Crippen molar-refractivity contribution < 1.29 is 0 Å². The molecule has 0 radical (unpaired) electrons. The molecule has 1 saturated carbocycles. The Morgan fingerprint density at radius 2 is 1.40 bits per heavy atom. The standard InChI is InChI=1S/C23H26N2/c1-23(2)15-13-19(14-16-23)22-24-20(17-9-5-3-6-10-17)21(25-22)18-11-7-4-8-12-18/h3-12,19H,13-16H2,1-2H3,(H,24,25). The molecule has 3 aromatic rings. The molecule has 0 amide bonds. The molecule has 2 aromatic carbocycles. The highest BCUT2D eigenvalue weighted by molar-refractivity contribution is 5.78. The van der Waals surface area contributed by atoms with Crippen LogP contribution >= 0.6 is 0 Å². The van der Waals surface area contributed by atoms with Gasteiger partial charge in [0.05, 0.1) is 11.4 Å². The van der Waals surface area contributed by atoms with Crippen molar-refractivity contribution in [2.45, 2.75) is 45.4 Å². The minimum absolute atomic E-state index is 0.480. The third-order valence-electron chi connectivity index (χ3n) is 5.56. The van der Waals surface area contributed by atoms with Gasteiger partial charge < -0.3 is 4.98 Å². The topological polar surface area (TPSA) is 28.7 Å². The molecule has 0 unspecified atom stereocenters. The summed E-state index contributed by atoms with van der Waals surface area (Å²) in [7, 11) is 0. The molecule has 1 aliphatic rings. The maximum Gasteiger partial charge on any atom is 0.110 e. The second-order valence-electron chi connectivity index (χ2n) is 8.02. The third-order valence-corrected chi connectivity index (χ3v) is 5.56. The predicted molar refractivity (Wildman–Crippen MR) is 104 cm³/mol. The summed E-state index contributed by atoms with van der Waals surface area (Å²) in [5, 5.41) is 0. The smallest absolute Gasteiger partial charge is 0.110 e. The van der Waals surface area contributed by atoms with Crippen molar-refractivity contribution in [3.8, 4) is 22.5 Å². The van der Waals surface area contributed by atoms with Gasteiger partial charge in [0.15, 0.2) is 0 Å². The number of rotatable bonds is 3. The van der Waals surface area contributed by atoms with Crippen molar-refractivity contribution in [1.29, 1.82) is 0 Å². The van der Waals surface area contributed by atoms with Gasteiger partial charge in [0, 0.05) is 17.0 Å². The number of aromatic nitrogens is 2. The van der Waals surface area contributed by atoms with Crippen LogP contribution in [0.5, 0.6) is 0 Å². The number of H-pyrrole nitrogens is 1. The minimum Gasteiger partial charge on any atom is -0.341 e. The highest BCUT2D eigenvalue weighted by Gasteiger charge is 2.30. The normalized spacial score (nSPS) is 17.5. The number of benzene rings is 2. The summed E-state index contributed by atoms with van der Waals surface area (Å²) in [6, 6.07) is 21.1. The number of hydrogen-bond donors (Lipinski definition) is 1. The summed E-state index contributed by atoms with van der Waals surface area (Å²) < 4.78 is 0. The second kappa shape index (κ2) is 6.51. The van der Waals surface area contributed by atoms with Crippen LogP contribution in [-0.2, 0) is 0 Å². The monoisotopic (exact) mass is 330 g/mol. The van der Waals surface area contributed by atoms with Crippen LogP contribution in [0.1, 0.15) is 51.3 Å². The lowest BCUT2D eigenvalue weighted by atomic mass is 9.73. The van der Waals surface area contributed by atoms with Gasteiger partial charge in [-0.3, -0.25) is 0 Å². The fraction of sp³-hybridized carbons (Fsp3) is 0.348. The van der Waals surface area contributed by atoms with Crippen molar-refractivity contribution in [3.05, 3.63) is 66.5 Å². The van der Waals surface area contributed by atoms with E-state index in [1.54, 1.807) is 0 Å². The Labute approximate surface area is 150 Å². The Balaban J connectivity index is 1.74. The van der Waals surface area contributed by atoms with E-state index >= 15 is 0 Å². The van der Waals surface area contributed by atoms with E-state index in [0.29, 0.717) is 11.3 Å². The summed E-state index contributed by atoms with van der Waals surface area (Å²) in [4.78, 5) is 8.76. The third kappa shape index (κ3) is 3.39. The maximum absolute atomic E-state index is 5.07. The lowest BCUT2D eigenvalue weighted by Crippen LogP contribution is -2.20. The summed E-state index contributed by atoms with van der Waals surface area (Å²) >= 11 is 0. The van der Waals surface area contributed by atoms with E-state index in [0.717, 1.165) is 17.2 Å². The highest BCUT2D eigenvalue weighted by atomic mass is 14.9. The molecule has 0 saturated heterocycles. The Morgan fingerprint density at radius 1 is 0.840 bits per heavy atom. The van der Waals surface area contributed by atoms with Crippen LogP contribution in [0.25, 0.3) is 22.5 Å². The first-order valence-corrected chi connectivity index (χ1v) is 9.33. The molecule has 1 aliphatic carbocycles. The number of hydrogen-bond acceptors (Lipinski definition) is 1. The first-order valence-electron chi connectivity index (χ1n) is 9.33. The number of aromatic amines is 1. The largest absolute Gasteiger partial charge is 0.341 e. The molecule has 0 spiro atoms. The summed E-state index contributed by atoms with van der Waals surface area (Å²) in [5.74, 6) is 1.71. The molecule has 0 bridgehead atoms. The van der Waals surface area contributed by atoms with Crippen molar-refractivity contribution in [2.75, 3.05) is 0 Å². The van der Waals surface area contributed by atoms with E-state index in [1.807, 2.05) is 0 Å². The van der Waals surface area contributed by atoms with E-state index < -0.39 is 0 Å². The summed E-state index contributed by atoms with van der Waals surface area (Å²) in [5.41, 5.74) is 5.09. The van der Waals surface area contributed by atoms with Crippen molar-refractivity contribution in [3.63, 3.8) is 0 Å². The first kappa shape index (κ1) is 16.1. The van der Waals surface area contributed by atoms with E-state index in [2.05, 4.69) is 79.5 Å². The van der Waals surface area contributed by atoms with Gasteiger partial charge in [-0.15, -0.1) is 0 Å². The van der Waals surface area contributed by atoms with E-state index in [9.17, 15) is 0 Å². The SMILES string of the molecule is CC1(C)CCC(c2nc(-c3ccccc3)c(-c3ccccc3)[nH]2)CC1. The lowest BCUT2D eigenvalue weighted by Gasteiger charge is -2.33. The highest BCUT2D eigenvalue weighted by Crippen LogP contribution is 2.43. The zero-order chi connectivity index (χ0) is 17.3. The van der Waals surface area contributed by atoms with Crippen molar-refractivity contribution in [1.82, 2.24) is 9.97 Å². The fourth-order valence-corrected chi connectivity index (χ4v) is 3.88. The van der Waals surface area contributed by atoms with Crippen LogP contribution in [0.4, 0.5) is 0 Å². The zero-order valence-electron chi connectivity index (χ0n) is 15.1. The molecule has 0 atom stereocenters. The Hall–Kier alpha value is -2.35. The molecule has 1 heterocycles. The fourth-order valence-electron chi connectivity index (χ4n) is 3.88. The van der Waals surface area contributed by atoms with E-state index in [-0.39, 0.29) is 0 Å².